The Bertz CT molecular complexity index is 794. The zero-order chi connectivity index (χ0) is 34.9. The van der Waals surface area contributed by atoms with E-state index in [9.17, 15) is 9.90 Å². The highest BCUT2D eigenvalue weighted by atomic mass is 16.6. The van der Waals surface area contributed by atoms with Gasteiger partial charge < -0.3 is 14.6 Å². The summed E-state index contributed by atoms with van der Waals surface area (Å²) in [6.45, 7) is 5.20. The molecule has 0 bridgehead atoms. The van der Waals surface area contributed by atoms with Crippen molar-refractivity contribution in [2.45, 2.75) is 193 Å². The first-order valence-electron chi connectivity index (χ1n) is 20.4. The Labute approximate surface area is 298 Å². The lowest BCUT2D eigenvalue weighted by atomic mass is 10.1. The van der Waals surface area contributed by atoms with Crippen LogP contribution in [-0.4, -0.2) is 37.0 Å². The van der Waals surface area contributed by atoms with Crippen LogP contribution in [-0.2, 0) is 14.3 Å². The molecule has 0 aliphatic rings. The van der Waals surface area contributed by atoms with Crippen molar-refractivity contribution in [2.75, 3.05) is 19.8 Å². The molecular formula is C44H78O4. The van der Waals surface area contributed by atoms with E-state index in [1.165, 1.54) is 122 Å². The van der Waals surface area contributed by atoms with Crippen LogP contribution >= 0.6 is 0 Å². The predicted molar refractivity (Wildman–Crippen MR) is 209 cm³/mol. The van der Waals surface area contributed by atoms with Crippen molar-refractivity contribution in [3.63, 3.8) is 0 Å². The highest BCUT2D eigenvalue weighted by Gasteiger charge is 2.13. The van der Waals surface area contributed by atoms with Gasteiger partial charge in [0.05, 0.1) is 13.2 Å². The Morgan fingerprint density at radius 3 is 1.42 bits per heavy atom. The van der Waals surface area contributed by atoms with Crippen LogP contribution in [0.3, 0.4) is 0 Å². The summed E-state index contributed by atoms with van der Waals surface area (Å²) in [4.78, 5) is 12.2. The van der Waals surface area contributed by atoms with E-state index in [-0.39, 0.29) is 19.2 Å². The Morgan fingerprint density at radius 1 is 0.521 bits per heavy atom. The number of carbonyl (C=O) groups is 1. The molecule has 1 N–H and O–H groups in total. The maximum Gasteiger partial charge on any atom is 0.306 e. The van der Waals surface area contributed by atoms with Crippen molar-refractivity contribution in [3.8, 4) is 0 Å². The second kappa shape index (κ2) is 41.3. The van der Waals surface area contributed by atoms with Crippen molar-refractivity contribution >= 4 is 5.97 Å². The second-order valence-corrected chi connectivity index (χ2v) is 13.3. The van der Waals surface area contributed by atoms with E-state index >= 15 is 0 Å². The highest BCUT2D eigenvalue weighted by Crippen LogP contribution is 2.12. The lowest BCUT2D eigenvalue weighted by Crippen LogP contribution is -2.27. The largest absolute Gasteiger partial charge is 0.457 e. The first-order valence-corrected chi connectivity index (χ1v) is 20.4. The molecule has 0 aliphatic carbocycles. The number of aliphatic hydroxyl groups excluding tert-OH is 1. The van der Waals surface area contributed by atoms with Gasteiger partial charge in [0.1, 0.15) is 6.10 Å². The van der Waals surface area contributed by atoms with Gasteiger partial charge in [-0.1, -0.05) is 164 Å². The van der Waals surface area contributed by atoms with Crippen molar-refractivity contribution in [1.29, 1.82) is 0 Å². The van der Waals surface area contributed by atoms with Crippen molar-refractivity contribution in [1.82, 2.24) is 0 Å². The summed E-state index contributed by atoms with van der Waals surface area (Å²) in [6, 6.07) is 0. The molecule has 0 fully saturated rings. The number of hydrogen-bond donors (Lipinski definition) is 1. The third-order valence-corrected chi connectivity index (χ3v) is 8.58. The predicted octanol–water partition coefficient (Wildman–Crippen LogP) is 13.3. The molecule has 0 rings (SSSR count). The highest BCUT2D eigenvalue weighted by molar-refractivity contribution is 5.69. The van der Waals surface area contributed by atoms with Crippen LogP contribution in [0.1, 0.15) is 187 Å². The quantitative estimate of drug-likeness (QED) is 0.0406. The standard InChI is InChI=1S/C44H78O4/c1-3-5-7-9-11-13-15-17-19-21-23-25-27-29-31-33-35-37-39-44(46)48-43(41-45)42-47-40-38-36-34-32-30-28-26-24-22-20-18-16-14-12-10-8-6-4-2/h6,8,12-15,18-21,43,45H,3-5,7,9-11,16-17,22-42H2,1-2H3/b8-6-,14-12-,15-13-,20-18-,21-19-. The molecule has 278 valence electrons. The van der Waals surface area contributed by atoms with E-state index in [0.29, 0.717) is 13.0 Å². The summed E-state index contributed by atoms with van der Waals surface area (Å²) < 4.78 is 11.1. The number of unbranched alkanes of at least 4 members (excludes halogenated alkanes) is 19. The maximum absolute atomic E-state index is 12.2. The van der Waals surface area contributed by atoms with E-state index in [4.69, 9.17) is 9.47 Å². The van der Waals surface area contributed by atoms with Crippen molar-refractivity contribution in [2.24, 2.45) is 0 Å². The fourth-order valence-corrected chi connectivity index (χ4v) is 5.55. The number of esters is 1. The van der Waals surface area contributed by atoms with Crippen LogP contribution in [0.4, 0.5) is 0 Å². The van der Waals surface area contributed by atoms with Gasteiger partial charge in [-0.25, -0.2) is 0 Å². The number of aliphatic hydroxyl groups is 1. The lowest BCUT2D eigenvalue weighted by molar-refractivity contribution is -0.154. The molecule has 0 saturated carbocycles. The molecule has 4 heteroatoms. The Morgan fingerprint density at radius 2 is 0.938 bits per heavy atom. The first-order chi connectivity index (χ1) is 23.7. The number of rotatable bonds is 37. The minimum atomic E-state index is -0.544. The molecule has 0 aromatic heterocycles. The van der Waals surface area contributed by atoms with Crippen molar-refractivity contribution in [3.05, 3.63) is 60.8 Å². The molecule has 0 radical (unpaired) electrons. The average Bonchev–Trinajstić information content (AvgIpc) is 3.09. The van der Waals surface area contributed by atoms with Gasteiger partial charge in [-0.15, -0.1) is 0 Å². The van der Waals surface area contributed by atoms with Crippen molar-refractivity contribution < 1.29 is 19.4 Å². The molecule has 4 nitrogen and oxygen atoms in total. The SMILES string of the molecule is CC/C=C\C/C=C\C/C=C\CCCCCCCCCCOCC(CO)OC(=O)CCCCCCCCC/C=C\C/C=C\CCCCCC. The summed E-state index contributed by atoms with van der Waals surface area (Å²) >= 11 is 0. The zero-order valence-electron chi connectivity index (χ0n) is 31.7. The minimum absolute atomic E-state index is 0.180. The molecule has 1 unspecified atom stereocenters. The van der Waals surface area contributed by atoms with Gasteiger partial charge >= 0.3 is 5.97 Å². The van der Waals surface area contributed by atoms with Crippen LogP contribution in [0.5, 0.6) is 0 Å². The normalized spacial score (nSPS) is 13.0. The van der Waals surface area contributed by atoms with Crippen LogP contribution in [0.25, 0.3) is 0 Å². The van der Waals surface area contributed by atoms with Gasteiger partial charge in [0.2, 0.25) is 0 Å². The van der Waals surface area contributed by atoms with Gasteiger partial charge in [0.15, 0.2) is 0 Å². The maximum atomic E-state index is 12.2. The van der Waals surface area contributed by atoms with E-state index in [2.05, 4.69) is 74.6 Å². The summed E-state index contributed by atoms with van der Waals surface area (Å²) in [5, 5.41) is 9.59. The Kier molecular flexibility index (Phi) is 39.6. The van der Waals surface area contributed by atoms with Crippen LogP contribution in [0.15, 0.2) is 60.8 Å². The van der Waals surface area contributed by atoms with Gasteiger partial charge in [0, 0.05) is 13.0 Å². The van der Waals surface area contributed by atoms with E-state index in [0.717, 1.165) is 44.9 Å². The lowest BCUT2D eigenvalue weighted by Gasteiger charge is -2.16. The minimum Gasteiger partial charge on any atom is -0.457 e. The zero-order valence-corrected chi connectivity index (χ0v) is 31.7. The van der Waals surface area contributed by atoms with E-state index in [1.807, 2.05) is 0 Å². The Hall–Kier alpha value is -1.91. The summed E-state index contributed by atoms with van der Waals surface area (Å²) in [5.41, 5.74) is 0. The monoisotopic (exact) mass is 671 g/mol. The van der Waals surface area contributed by atoms with Gasteiger partial charge in [0.25, 0.3) is 0 Å². The number of ether oxygens (including phenoxy) is 2. The van der Waals surface area contributed by atoms with Crippen LogP contribution in [0, 0.1) is 0 Å². The molecule has 0 saturated heterocycles. The third-order valence-electron chi connectivity index (χ3n) is 8.58. The smallest absolute Gasteiger partial charge is 0.306 e. The molecule has 0 aliphatic heterocycles. The summed E-state index contributed by atoms with van der Waals surface area (Å²) in [6.07, 6.45) is 54.1. The summed E-state index contributed by atoms with van der Waals surface area (Å²) in [5.74, 6) is -0.213. The number of carbonyl (C=O) groups excluding carboxylic acids is 1. The first kappa shape index (κ1) is 46.1. The molecule has 0 heterocycles. The molecule has 0 spiro atoms. The molecule has 0 amide bonds. The van der Waals surface area contributed by atoms with Gasteiger partial charge in [-0.05, 0) is 77.0 Å². The molecule has 1 atom stereocenters. The number of allylic oxidation sites excluding steroid dienone is 10. The average molecular weight is 671 g/mol. The molecule has 0 aromatic carbocycles. The topological polar surface area (TPSA) is 55.8 Å². The van der Waals surface area contributed by atoms with Gasteiger partial charge in [-0.2, -0.15) is 0 Å². The van der Waals surface area contributed by atoms with Crippen LogP contribution in [0.2, 0.25) is 0 Å². The van der Waals surface area contributed by atoms with E-state index in [1.54, 1.807) is 0 Å². The third kappa shape index (κ3) is 38.5. The second-order valence-electron chi connectivity index (χ2n) is 13.3. The molecular weight excluding hydrogens is 592 g/mol. The number of hydrogen-bond acceptors (Lipinski definition) is 4. The van der Waals surface area contributed by atoms with E-state index < -0.39 is 6.10 Å². The fraction of sp³-hybridized carbons (Fsp3) is 0.750. The fourth-order valence-electron chi connectivity index (χ4n) is 5.55. The Balaban J connectivity index is 3.47. The van der Waals surface area contributed by atoms with Gasteiger partial charge in [-0.3, -0.25) is 4.79 Å². The molecule has 48 heavy (non-hydrogen) atoms. The van der Waals surface area contributed by atoms with Crippen LogP contribution < -0.4 is 0 Å². The molecule has 0 aromatic rings. The summed E-state index contributed by atoms with van der Waals surface area (Å²) in [7, 11) is 0.